The van der Waals surface area contributed by atoms with Crippen LogP contribution in [0.15, 0.2) is 6.07 Å². The second kappa shape index (κ2) is 6.18. The molecule has 1 amide bonds. The number of halogens is 3. The van der Waals surface area contributed by atoms with Crippen molar-refractivity contribution in [2.24, 2.45) is 0 Å². The fourth-order valence-electron chi connectivity index (χ4n) is 1.21. The summed E-state index contributed by atoms with van der Waals surface area (Å²) in [7, 11) is 0. The summed E-state index contributed by atoms with van der Waals surface area (Å²) >= 11 is 17.1. The molecule has 0 saturated heterocycles. The summed E-state index contributed by atoms with van der Waals surface area (Å²) < 4.78 is 0. The molecular weight excluding hydrogens is 318 g/mol. The summed E-state index contributed by atoms with van der Waals surface area (Å²) in [4.78, 5) is 32.7. The Hall–Kier alpha value is -1.37. The molecule has 0 bridgehead atoms. The third-order valence-electron chi connectivity index (χ3n) is 2.14. The lowest BCUT2D eigenvalue weighted by molar-refractivity contribution is -0.383. The molecule has 19 heavy (non-hydrogen) atoms. The van der Waals surface area contributed by atoms with Crippen LogP contribution in [-0.4, -0.2) is 16.6 Å². The minimum absolute atomic E-state index is 0.0331. The van der Waals surface area contributed by atoms with Gasteiger partial charge in [-0.15, -0.1) is 0 Å². The highest BCUT2D eigenvalue weighted by atomic mass is 35.5. The number of Topliss-reactive ketones (excluding diaryl/α,β-unsaturated/α-hetero) is 1. The molecule has 0 unspecified atom stereocenters. The number of nitro benzene ring substituents is 1. The molecule has 1 N–H and O–H groups in total. The van der Waals surface area contributed by atoms with Gasteiger partial charge in [-0.3, -0.25) is 19.7 Å². The first-order valence-corrected chi connectivity index (χ1v) is 6.09. The minimum Gasteiger partial charge on any atom is -0.314 e. The van der Waals surface area contributed by atoms with Gasteiger partial charge in [0.05, 0.1) is 15.0 Å². The molecule has 0 aliphatic heterocycles. The van der Waals surface area contributed by atoms with Crippen molar-refractivity contribution in [1.29, 1.82) is 0 Å². The summed E-state index contributed by atoms with van der Waals surface area (Å²) in [6.07, 6.45) is -0.0331. The predicted molar refractivity (Wildman–Crippen MR) is 72.1 cm³/mol. The largest absolute Gasteiger partial charge is 0.314 e. The molecule has 0 aliphatic carbocycles. The van der Waals surface area contributed by atoms with Crippen molar-refractivity contribution < 1.29 is 14.5 Å². The van der Waals surface area contributed by atoms with E-state index in [0.29, 0.717) is 0 Å². The maximum absolute atomic E-state index is 11.4. The van der Waals surface area contributed by atoms with E-state index >= 15 is 0 Å². The molecule has 0 spiro atoms. The van der Waals surface area contributed by atoms with E-state index in [-0.39, 0.29) is 22.2 Å². The molecule has 1 aromatic carbocycles. The van der Waals surface area contributed by atoms with E-state index < -0.39 is 27.3 Å². The Balaban J connectivity index is 3.31. The summed E-state index contributed by atoms with van der Waals surface area (Å²) in [5, 5.41) is 12.3. The monoisotopic (exact) mass is 324 g/mol. The van der Waals surface area contributed by atoms with Crippen molar-refractivity contribution >= 4 is 57.9 Å². The van der Waals surface area contributed by atoms with E-state index in [0.717, 1.165) is 6.07 Å². The zero-order valence-corrected chi connectivity index (χ0v) is 11.8. The number of anilines is 1. The van der Waals surface area contributed by atoms with Crippen molar-refractivity contribution in [3.8, 4) is 0 Å². The highest BCUT2D eigenvalue weighted by molar-refractivity contribution is 6.49. The maximum Gasteiger partial charge on any atom is 0.312 e. The lowest BCUT2D eigenvalue weighted by Gasteiger charge is -2.08. The number of carbonyl (C=O) groups is 2. The Morgan fingerprint density at radius 2 is 1.89 bits per heavy atom. The topological polar surface area (TPSA) is 89.3 Å². The van der Waals surface area contributed by atoms with E-state index in [9.17, 15) is 19.7 Å². The molecule has 0 fully saturated rings. The third-order valence-corrected chi connectivity index (χ3v) is 3.39. The number of hydrogen-bond acceptors (Lipinski definition) is 4. The molecule has 0 aliphatic rings. The number of hydrogen-bond donors (Lipinski definition) is 1. The van der Waals surface area contributed by atoms with Crippen LogP contribution in [0.25, 0.3) is 0 Å². The average Bonchev–Trinajstić information content (AvgIpc) is 2.34. The zero-order chi connectivity index (χ0) is 14.7. The second-order valence-electron chi connectivity index (χ2n) is 3.37. The summed E-state index contributed by atoms with van der Waals surface area (Å²) in [6, 6.07) is 1.06. The van der Waals surface area contributed by atoms with E-state index in [1.807, 2.05) is 0 Å². The van der Waals surface area contributed by atoms with Crippen LogP contribution in [0.5, 0.6) is 0 Å². The Morgan fingerprint density at radius 1 is 1.32 bits per heavy atom. The first-order chi connectivity index (χ1) is 8.79. The Labute approximate surface area is 122 Å². The Kier molecular flexibility index (Phi) is 5.11. The van der Waals surface area contributed by atoms with Crippen molar-refractivity contribution in [3.05, 3.63) is 31.2 Å². The fraction of sp³-hybridized carbons (Fsp3) is 0.200. The Bertz CT molecular complexity index is 574. The van der Waals surface area contributed by atoms with Gasteiger partial charge in [0.15, 0.2) is 0 Å². The molecular formula is C10H7Cl3N2O4. The van der Waals surface area contributed by atoms with Gasteiger partial charge in [0.25, 0.3) is 5.91 Å². The van der Waals surface area contributed by atoms with Gasteiger partial charge in [0, 0.05) is 6.42 Å². The number of benzene rings is 1. The predicted octanol–water partition coefficient (Wildman–Crippen LogP) is 3.47. The highest BCUT2D eigenvalue weighted by Crippen LogP contribution is 2.42. The summed E-state index contributed by atoms with van der Waals surface area (Å²) in [5.41, 5.74) is -0.899. The molecule has 0 saturated carbocycles. The van der Waals surface area contributed by atoms with E-state index in [4.69, 9.17) is 34.8 Å². The average molecular weight is 326 g/mol. The molecule has 1 aromatic rings. The van der Waals surface area contributed by atoms with Gasteiger partial charge in [-0.25, -0.2) is 0 Å². The van der Waals surface area contributed by atoms with Crippen LogP contribution in [0.1, 0.15) is 13.3 Å². The lowest BCUT2D eigenvalue weighted by atomic mass is 10.2. The number of ketones is 1. The van der Waals surface area contributed by atoms with Gasteiger partial charge < -0.3 is 5.32 Å². The lowest BCUT2D eigenvalue weighted by Crippen LogP contribution is -2.22. The van der Waals surface area contributed by atoms with Crippen LogP contribution < -0.4 is 5.32 Å². The van der Waals surface area contributed by atoms with Crippen LogP contribution >= 0.6 is 34.8 Å². The molecule has 0 heterocycles. The number of rotatable bonds is 4. The van der Waals surface area contributed by atoms with Crippen LogP contribution in [0, 0.1) is 10.1 Å². The first kappa shape index (κ1) is 15.7. The van der Waals surface area contributed by atoms with E-state index in [1.54, 1.807) is 0 Å². The van der Waals surface area contributed by atoms with Crippen LogP contribution in [-0.2, 0) is 9.59 Å². The molecule has 102 valence electrons. The fourth-order valence-corrected chi connectivity index (χ4v) is 1.88. The number of nitrogens with zero attached hydrogens (tertiary/aromatic N) is 1. The zero-order valence-electron chi connectivity index (χ0n) is 9.50. The number of nitro groups is 1. The normalized spacial score (nSPS) is 10.1. The van der Waals surface area contributed by atoms with Gasteiger partial charge >= 0.3 is 5.69 Å². The van der Waals surface area contributed by atoms with Gasteiger partial charge in [0.1, 0.15) is 10.7 Å². The number of amides is 1. The van der Waals surface area contributed by atoms with Crippen LogP contribution in [0.3, 0.4) is 0 Å². The summed E-state index contributed by atoms with van der Waals surface area (Å²) in [5.74, 6) is -1.71. The van der Waals surface area contributed by atoms with Crippen molar-refractivity contribution in [3.63, 3.8) is 0 Å². The quantitative estimate of drug-likeness (QED) is 0.397. The molecule has 6 nitrogen and oxygen atoms in total. The standard InChI is InChI=1S/C10H7Cl3N2O4/c1-2-6(16)10(17)14-5-3-4(11)7(12)8(13)9(5)15(18)19/h3H,2H2,1H3,(H,14,17). The van der Waals surface area contributed by atoms with Gasteiger partial charge in [0.2, 0.25) is 5.78 Å². The third kappa shape index (κ3) is 3.34. The molecule has 0 aromatic heterocycles. The first-order valence-electron chi connectivity index (χ1n) is 4.95. The second-order valence-corrected chi connectivity index (χ2v) is 4.53. The van der Waals surface area contributed by atoms with Gasteiger partial charge in [-0.05, 0) is 6.07 Å². The van der Waals surface area contributed by atoms with Gasteiger partial charge in [-0.1, -0.05) is 41.7 Å². The molecule has 0 radical (unpaired) electrons. The maximum atomic E-state index is 11.4. The highest BCUT2D eigenvalue weighted by Gasteiger charge is 2.26. The smallest absolute Gasteiger partial charge is 0.312 e. The number of carbonyl (C=O) groups excluding carboxylic acids is 2. The molecule has 9 heteroatoms. The van der Waals surface area contributed by atoms with Crippen molar-refractivity contribution in [2.45, 2.75) is 13.3 Å². The van der Waals surface area contributed by atoms with Crippen molar-refractivity contribution in [1.82, 2.24) is 0 Å². The van der Waals surface area contributed by atoms with Crippen molar-refractivity contribution in [2.75, 3.05) is 5.32 Å². The summed E-state index contributed by atoms with van der Waals surface area (Å²) in [6.45, 7) is 1.48. The Morgan fingerprint density at radius 3 is 2.37 bits per heavy atom. The molecule has 0 atom stereocenters. The van der Waals surface area contributed by atoms with Crippen LogP contribution in [0.4, 0.5) is 11.4 Å². The SMILES string of the molecule is CCC(=O)C(=O)Nc1cc(Cl)c(Cl)c(Cl)c1[N+](=O)[O-]. The van der Waals surface area contributed by atoms with E-state index in [1.165, 1.54) is 6.92 Å². The molecule has 1 rings (SSSR count). The number of nitrogens with one attached hydrogen (secondary N) is 1. The van der Waals surface area contributed by atoms with E-state index in [2.05, 4.69) is 5.32 Å². The van der Waals surface area contributed by atoms with Gasteiger partial charge in [-0.2, -0.15) is 0 Å². The minimum atomic E-state index is -0.986. The van der Waals surface area contributed by atoms with Crippen LogP contribution in [0.2, 0.25) is 15.1 Å².